The average Bonchev–Trinajstić information content (AvgIpc) is 3.31. The van der Waals surface area contributed by atoms with Crippen molar-refractivity contribution in [2.75, 3.05) is 5.73 Å². The number of hydrogen-bond donors (Lipinski definition) is 1. The van der Waals surface area contributed by atoms with Crippen LogP contribution in [0.25, 0.3) is 17.1 Å². The van der Waals surface area contributed by atoms with Gasteiger partial charge in [-0.3, -0.25) is 0 Å². The Morgan fingerprint density at radius 1 is 1.30 bits per heavy atom. The third-order valence-corrected chi connectivity index (χ3v) is 8.19. The molecule has 3 saturated carbocycles. The number of aromatic nitrogens is 5. The highest BCUT2D eigenvalue weighted by molar-refractivity contribution is 7.89. The molecule has 3 aromatic rings. The number of rotatable bonds is 6. The summed E-state index contributed by atoms with van der Waals surface area (Å²) in [4.78, 5) is 24.1. The number of halogens is 3. The molecule has 2 bridgehead atoms. The Morgan fingerprint density at radius 3 is 2.59 bits per heavy atom. The molecule has 0 spiro atoms. The number of sulfonamides is 1. The molecule has 12 nitrogen and oxygen atoms in total. The van der Waals surface area contributed by atoms with Crippen LogP contribution < -0.4 is 5.73 Å². The lowest BCUT2D eigenvalue weighted by Crippen LogP contribution is -2.75. The van der Waals surface area contributed by atoms with Crippen LogP contribution in [-0.2, 0) is 19.7 Å². The summed E-state index contributed by atoms with van der Waals surface area (Å²) < 4.78 is 67.5. The minimum absolute atomic E-state index is 0.0240. The van der Waals surface area contributed by atoms with Crippen LogP contribution in [0.4, 0.5) is 19.0 Å². The van der Waals surface area contributed by atoms with Crippen molar-refractivity contribution in [2.24, 2.45) is 5.41 Å². The number of nitrogens with zero attached hydrogens (tertiary/aromatic N) is 7. The number of aryl methyl sites for hydroxylation is 1. The minimum atomic E-state index is -5.43. The van der Waals surface area contributed by atoms with Crippen molar-refractivity contribution in [3.8, 4) is 23.1 Å². The summed E-state index contributed by atoms with van der Waals surface area (Å²) in [6.45, 7) is 1.66. The molecule has 3 aliphatic carbocycles. The van der Waals surface area contributed by atoms with Crippen LogP contribution in [0.1, 0.15) is 24.8 Å². The SMILES string of the molecule is Cc1ccc(S(=O)(=O)N(OC(=O)C(F)(F)F)C23CC(C#N)(C2)C3)cc1-c1cnc(N)c(-n2ccnn2)n1. The van der Waals surface area contributed by atoms with Crippen molar-refractivity contribution in [3.05, 3.63) is 42.4 Å². The van der Waals surface area contributed by atoms with E-state index in [1.165, 1.54) is 41.5 Å². The van der Waals surface area contributed by atoms with Crippen LogP contribution >= 0.6 is 0 Å². The number of nitrogen functional groups attached to an aromatic ring is 1. The van der Waals surface area contributed by atoms with E-state index in [2.05, 4.69) is 25.1 Å². The number of benzene rings is 1. The Kier molecular flexibility index (Phi) is 5.28. The van der Waals surface area contributed by atoms with Crippen LogP contribution in [0, 0.1) is 23.7 Å². The fraction of sp³-hybridized carbons (Fsp3) is 0.333. The van der Waals surface area contributed by atoms with E-state index < -0.39 is 38.0 Å². The summed E-state index contributed by atoms with van der Waals surface area (Å²) >= 11 is 0. The molecule has 0 atom stereocenters. The standard InChI is InChI=1S/C21H17F3N8O4S/c1-12-2-3-13(6-14(12)15-7-27-16(26)17(29-15)31-5-4-28-30-31)37(34,35)32(36-18(33)21(22,23)24)20-8-19(9-20,10-20)11-25/h2-7H,8-10H2,1H3,(H2,26,27). The summed E-state index contributed by atoms with van der Waals surface area (Å²) in [6, 6.07) is 5.83. The molecule has 192 valence electrons. The summed E-state index contributed by atoms with van der Waals surface area (Å²) in [5.74, 6) is -2.53. The first-order valence-corrected chi connectivity index (χ1v) is 12.1. The summed E-state index contributed by atoms with van der Waals surface area (Å²) in [5.41, 5.74) is 4.66. The monoisotopic (exact) mass is 534 g/mol. The van der Waals surface area contributed by atoms with Gasteiger partial charge in [0, 0.05) is 5.56 Å². The van der Waals surface area contributed by atoms with Crippen molar-refractivity contribution >= 4 is 21.8 Å². The summed E-state index contributed by atoms with van der Waals surface area (Å²) in [6.07, 6.45) is -1.42. The minimum Gasteiger partial charge on any atom is -0.381 e. The molecule has 3 fully saturated rings. The maximum Gasteiger partial charge on any atom is 0.492 e. The van der Waals surface area contributed by atoms with Crippen molar-refractivity contribution in [1.82, 2.24) is 29.4 Å². The lowest BCUT2D eigenvalue weighted by molar-refractivity contribution is -0.282. The van der Waals surface area contributed by atoms with E-state index in [9.17, 15) is 31.6 Å². The highest BCUT2D eigenvalue weighted by Crippen LogP contribution is 2.70. The third kappa shape index (κ3) is 3.86. The highest BCUT2D eigenvalue weighted by atomic mass is 32.2. The van der Waals surface area contributed by atoms with Gasteiger partial charge in [-0.1, -0.05) is 11.3 Å². The Morgan fingerprint density at radius 2 is 2.00 bits per heavy atom. The second kappa shape index (κ2) is 7.95. The fourth-order valence-corrected chi connectivity index (χ4v) is 6.28. The molecule has 0 aliphatic heterocycles. The number of hydrogen-bond acceptors (Lipinski definition) is 10. The Balaban J connectivity index is 1.56. The van der Waals surface area contributed by atoms with Crippen molar-refractivity contribution in [1.29, 1.82) is 5.26 Å². The zero-order valence-electron chi connectivity index (χ0n) is 19.0. The van der Waals surface area contributed by atoms with E-state index in [1.807, 2.05) is 6.07 Å². The van der Waals surface area contributed by atoms with E-state index in [4.69, 9.17) is 5.73 Å². The van der Waals surface area contributed by atoms with Gasteiger partial charge in [0.1, 0.15) is 0 Å². The predicted molar refractivity (Wildman–Crippen MR) is 117 cm³/mol. The second-order valence-corrected chi connectivity index (χ2v) is 10.8. The molecule has 37 heavy (non-hydrogen) atoms. The van der Waals surface area contributed by atoms with Crippen LogP contribution in [0.2, 0.25) is 0 Å². The van der Waals surface area contributed by atoms with Gasteiger partial charge in [0.05, 0.1) is 46.2 Å². The number of alkyl halides is 3. The molecule has 2 N–H and O–H groups in total. The number of nitriles is 1. The third-order valence-electron chi connectivity index (χ3n) is 6.45. The van der Waals surface area contributed by atoms with Crippen LogP contribution in [-0.4, -0.2) is 55.5 Å². The molecule has 2 aromatic heterocycles. The zero-order chi connectivity index (χ0) is 26.8. The number of carbonyl (C=O) groups excluding carboxylic acids is 1. The maximum atomic E-state index is 13.6. The average molecular weight is 534 g/mol. The largest absolute Gasteiger partial charge is 0.492 e. The topological polar surface area (TPSA) is 170 Å². The zero-order valence-corrected chi connectivity index (χ0v) is 19.8. The molecular weight excluding hydrogens is 517 g/mol. The van der Waals surface area contributed by atoms with E-state index >= 15 is 0 Å². The van der Waals surface area contributed by atoms with E-state index in [0.29, 0.717) is 5.56 Å². The highest BCUT2D eigenvalue weighted by Gasteiger charge is 2.75. The lowest BCUT2D eigenvalue weighted by Gasteiger charge is -2.68. The predicted octanol–water partition coefficient (Wildman–Crippen LogP) is 2.07. The summed E-state index contributed by atoms with van der Waals surface area (Å²) in [5, 5.41) is 16.8. The smallest absolute Gasteiger partial charge is 0.381 e. The maximum absolute atomic E-state index is 13.6. The number of anilines is 1. The number of hydroxylamine groups is 1. The lowest BCUT2D eigenvalue weighted by atomic mass is 9.40. The van der Waals surface area contributed by atoms with Crippen molar-refractivity contribution in [2.45, 2.75) is 42.8 Å². The van der Waals surface area contributed by atoms with Crippen molar-refractivity contribution < 1.29 is 31.2 Å². The Bertz CT molecular complexity index is 1550. The first kappa shape index (κ1) is 24.6. The van der Waals surface area contributed by atoms with Crippen molar-refractivity contribution in [3.63, 3.8) is 0 Å². The number of carbonyl (C=O) groups is 1. The van der Waals surface area contributed by atoms with E-state index in [-0.39, 0.29) is 46.6 Å². The normalized spacial score (nSPS) is 22.6. The van der Waals surface area contributed by atoms with Gasteiger partial charge < -0.3 is 10.6 Å². The van der Waals surface area contributed by atoms with Gasteiger partial charge in [0.25, 0.3) is 10.0 Å². The van der Waals surface area contributed by atoms with E-state index in [0.717, 1.165) is 0 Å². The summed E-state index contributed by atoms with van der Waals surface area (Å²) in [7, 11) is -4.80. The molecule has 16 heteroatoms. The number of nitrogens with two attached hydrogens (primary N) is 1. The molecule has 2 heterocycles. The molecular formula is C21H17F3N8O4S. The molecule has 1 aromatic carbocycles. The Hall–Kier alpha value is -4.10. The van der Waals surface area contributed by atoms with E-state index in [1.54, 1.807) is 6.92 Å². The van der Waals surface area contributed by atoms with Gasteiger partial charge in [-0.15, -0.1) is 5.10 Å². The quantitative estimate of drug-likeness (QED) is 0.462. The van der Waals surface area contributed by atoms with Gasteiger partial charge in [0.2, 0.25) is 0 Å². The van der Waals surface area contributed by atoms with Crippen LogP contribution in [0.5, 0.6) is 0 Å². The van der Waals surface area contributed by atoms with Gasteiger partial charge in [-0.2, -0.15) is 23.1 Å². The molecule has 0 radical (unpaired) electrons. The van der Waals surface area contributed by atoms with Gasteiger partial charge in [-0.25, -0.2) is 23.2 Å². The first-order chi connectivity index (χ1) is 17.3. The first-order valence-electron chi connectivity index (χ1n) is 10.7. The molecule has 0 amide bonds. The van der Waals surface area contributed by atoms with Crippen LogP contribution in [0.15, 0.2) is 41.7 Å². The second-order valence-electron chi connectivity index (χ2n) is 9.04. The molecule has 3 aliphatic rings. The molecule has 6 rings (SSSR count). The van der Waals surface area contributed by atoms with Gasteiger partial charge in [0.15, 0.2) is 11.6 Å². The van der Waals surface area contributed by atoms with Gasteiger partial charge in [-0.05, 0) is 48.4 Å². The van der Waals surface area contributed by atoms with Crippen LogP contribution in [0.3, 0.4) is 0 Å². The Labute approximate surface area is 207 Å². The molecule has 0 unspecified atom stereocenters. The van der Waals surface area contributed by atoms with Gasteiger partial charge >= 0.3 is 12.1 Å². The fourth-order valence-electron chi connectivity index (χ4n) is 4.72. The molecule has 0 saturated heterocycles.